The molecule has 0 atom stereocenters. The second kappa shape index (κ2) is 5.99. The van der Waals surface area contributed by atoms with E-state index in [0.29, 0.717) is 5.82 Å². The first-order valence-electron chi connectivity index (χ1n) is 7.33. The number of aromatic nitrogens is 2. The molecule has 2 aromatic rings. The van der Waals surface area contributed by atoms with Crippen molar-refractivity contribution in [2.24, 2.45) is 0 Å². The zero-order valence-electron chi connectivity index (χ0n) is 12.1. The molecule has 0 saturated carbocycles. The van der Waals surface area contributed by atoms with Crippen molar-refractivity contribution in [2.75, 3.05) is 11.9 Å². The molecule has 1 aromatic heterocycles. The van der Waals surface area contributed by atoms with Gasteiger partial charge in [0, 0.05) is 11.8 Å². The molecule has 1 amide bonds. The van der Waals surface area contributed by atoms with Crippen LogP contribution in [0, 0.1) is 0 Å². The third-order valence-corrected chi connectivity index (χ3v) is 3.72. The van der Waals surface area contributed by atoms with E-state index in [4.69, 9.17) is 4.74 Å². The predicted octanol–water partition coefficient (Wildman–Crippen LogP) is 2.48. The van der Waals surface area contributed by atoms with Crippen LogP contribution in [0.5, 0.6) is 5.75 Å². The highest BCUT2D eigenvalue weighted by Crippen LogP contribution is 2.25. The van der Waals surface area contributed by atoms with Crippen LogP contribution in [-0.4, -0.2) is 22.7 Å². The molecule has 1 aromatic carbocycles. The number of fused-ring (bicyclic) bond motifs is 1. The fraction of sp³-hybridized carbons (Fsp3) is 0.375. The number of nitrogens with zero attached hydrogens (tertiary/aromatic N) is 1. The molecule has 0 bridgehead atoms. The van der Waals surface area contributed by atoms with Gasteiger partial charge in [0.05, 0.1) is 0 Å². The van der Waals surface area contributed by atoms with Crippen LogP contribution in [0.2, 0.25) is 0 Å². The summed E-state index contributed by atoms with van der Waals surface area (Å²) in [5.41, 5.74) is 3.73. The third kappa shape index (κ3) is 3.24. The van der Waals surface area contributed by atoms with Gasteiger partial charge in [0.2, 0.25) is 0 Å². The first-order chi connectivity index (χ1) is 10.2. The summed E-state index contributed by atoms with van der Waals surface area (Å²) >= 11 is 0. The highest BCUT2D eigenvalue weighted by Gasteiger charge is 2.12. The molecule has 2 N–H and O–H groups in total. The summed E-state index contributed by atoms with van der Waals surface area (Å²) in [4.78, 5) is 11.8. The minimum atomic E-state index is -0.204. The molecule has 3 rings (SSSR count). The zero-order chi connectivity index (χ0) is 14.7. The second-order valence-corrected chi connectivity index (χ2v) is 5.25. The minimum Gasteiger partial charge on any atom is -0.484 e. The molecule has 5 nitrogen and oxygen atoms in total. The number of ether oxygens (including phenoxy) is 1. The number of carbonyl (C=O) groups is 1. The first kappa shape index (κ1) is 13.7. The number of hydrogen-bond acceptors (Lipinski definition) is 3. The van der Waals surface area contributed by atoms with Gasteiger partial charge in [0.1, 0.15) is 5.75 Å². The summed E-state index contributed by atoms with van der Waals surface area (Å²) in [6.07, 6.45) is 4.31. The van der Waals surface area contributed by atoms with E-state index in [0.717, 1.165) is 30.7 Å². The topological polar surface area (TPSA) is 67.0 Å². The molecule has 1 aliphatic rings. The Morgan fingerprint density at radius 2 is 2.19 bits per heavy atom. The number of anilines is 1. The summed E-state index contributed by atoms with van der Waals surface area (Å²) in [7, 11) is 0. The fourth-order valence-electron chi connectivity index (χ4n) is 2.57. The highest BCUT2D eigenvalue weighted by atomic mass is 16.5. The number of nitrogens with one attached hydrogen (secondary N) is 2. The Hall–Kier alpha value is -2.30. The van der Waals surface area contributed by atoms with Gasteiger partial charge < -0.3 is 10.1 Å². The number of H-pyrrole nitrogens is 1. The zero-order valence-corrected chi connectivity index (χ0v) is 12.1. The van der Waals surface area contributed by atoms with Crippen molar-refractivity contribution >= 4 is 11.7 Å². The molecule has 0 fully saturated rings. The molecule has 0 saturated heterocycles. The Morgan fingerprint density at radius 1 is 1.33 bits per heavy atom. The molecular weight excluding hydrogens is 266 g/mol. The summed E-state index contributed by atoms with van der Waals surface area (Å²) < 4.78 is 5.55. The van der Waals surface area contributed by atoms with Gasteiger partial charge in [0.25, 0.3) is 5.91 Å². The van der Waals surface area contributed by atoms with E-state index in [9.17, 15) is 4.79 Å². The minimum absolute atomic E-state index is 0.00684. The van der Waals surface area contributed by atoms with Gasteiger partial charge in [-0.2, -0.15) is 5.10 Å². The van der Waals surface area contributed by atoms with Crippen LogP contribution in [0.4, 0.5) is 5.82 Å². The standard InChI is InChI=1S/C16H19N3O2/c1-2-13-9-15(19-18-13)17-16(20)10-21-14-7-6-11-4-3-5-12(11)8-14/h6-9H,2-5,10H2,1H3,(H2,17,18,19,20). The smallest absolute Gasteiger partial charge is 0.263 e. The summed E-state index contributed by atoms with van der Waals surface area (Å²) in [5, 5.41) is 9.59. The molecule has 0 aliphatic heterocycles. The van der Waals surface area contributed by atoms with Gasteiger partial charge in [-0.15, -0.1) is 0 Å². The number of carbonyl (C=O) groups excluding carboxylic acids is 1. The molecule has 110 valence electrons. The maximum atomic E-state index is 11.8. The van der Waals surface area contributed by atoms with Gasteiger partial charge in [-0.3, -0.25) is 9.89 Å². The second-order valence-electron chi connectivity index (χ2n) is 5.25. The Morgan fingerprint density at radius 3 is 3.00 bits per heavy atom. The summed E-state index contributed by atoms with van der Waals surface area (Å²) in [6, 6.07) is 7.89. The molecular formula is C16H19N3O2. The Kier molecular flexibility index (Phi) is 3.90. The van der Waals surface area contributed by atoms with Crippen LogP contribution < -0.4 is 10.1 Å². The predicted molar refractivity (Wildman–Crippen MR) is 80.6 cm³/mol. The monoisotopic (exact) mass is 285 g/mol. The van der Waals surface area contributed by atoms with Crippen molar-refractivity contribution in [2.45, 2.75) is 32.6 Å². The average Bonchev–Trinajstić information content (AvgIpc) is 3.13. The van der Waals surface area contributed by atoms with Gasteiger partial charge in [-0.25, -0.2) is 0 Å². The van der Waals surface area contributed by atoms with Gasteiger partial charge in [-0.1, -0.05) is 13.0 Å². The van der Waals surface area contributed by atoms with Crippen molar-refractivity contribution in [1.29, 1.82) is 0 Å². The van der Waals surface area contributed by atoms with Crippen molar-refractivity contribution in [3.63, 3.8) is 0 Å². The van der Waals surface area contributed by atoms with Crippen LogP contribution in [0.3, 0.4) is 0 Å². The summed E-state index contributed by atoms with van der Waals surface area (Å²) in [5.74, 6) is 1.08. The lowest BCUT2D eigenvalue weighted by molar-refractivity contribution is -0.118. The number of aryl methyl sites for hydroxylation is 3. The van der Waals surface area contributed by atoms with E-state index >= 15 is 0 Å². The van der Waals surface area contributed by atoms with Crippen LogP contribution in [0.1, 0.15) is 30.2 Å². The van der Waals surface area contributed by atoms with E-state index in [1.807, 2.05) is 25.1 Å². The molecule has 21 heavy (non-hydrogen) atoms. The van der Waals surface area contributed by atoms with Crippen molar-refractivity contribution in [1.82, 2.24) is 10.2 Å². The van der Waals surface area contributed by atoms with Crippen LogP contribution in [0.15, 0.2) is 24.3 Å². The van der Waals surface area contributed by atoms with Gasteiger partial charge in [-0.05, 0) is 48.9 Å². The largest absolute Gasteiger partial charge is 0.484 e. The number of amides is 1. The summed E-state index contributed by atoms with van der Waals surface area (Å²) in [6.45, 7) is 2.02. The number of benzene rings is 1. The van der Waals surface area contributed by atoms with Gasteiger partial charge >= 0.3 is 0 Å². The van der Waals surface area contributed by atoms with E-state index < -0.39 is 0 Å². The Balaban J connectivity index is 1.53. The van der Waals surface area contributed by atoms with Crippen molar-refractivity contribution in [3.05, 3.63) is 41.1 Å². The van der Waals surface area contributed by atoms with Crippen LogP contribution in [-0.2, 0) is 24.1 Å². The molecule has 0 spiro atoms. The van der Waals surface area contributed by atoms with E-state index in [1.165, 1.54) is 17.5 Å². The quantitative estimate of drug-likeness (QED) is 0.887. The molecule has 5 heteroatoms. The van der Waals surface area contributed by atoms with Crippen LogP contribution in [0.25, 0.3) is 0 Å². The average molecular weight is 285 g/mol. The number of aromatic amines is 1. The first-order valence-corrected chi connectivity index (χ1v) is 7.33. The maximum Gasteiger partial charge on any atom is 0.263 e. The normalized spacial score (nSPS) is 13.0. The highest BCUT2D eigenvalue weighted by molar-refractivity contribution is 5.90. The lowest BCUT2D eigenvalue weighted by Gasteiger charge is -2.07. The Labute approximate surface area is 123 Å². The number of hydrogen-bond donors (Lipinski definition) is 2. The fourth-order valence-corrected chi connectivity index (χ4v) is 2.57. The maximum absolute atomic E-state index is 11.8. The lowest BCUT2D eigenvalue weighted by Crippen LogP contribution is -2.20. The number of rotatable bonds is 5. The molecule has 0 unspecified atom stereocenters. The van der Waals surface area contributed by atoms with Crippen molar-refractivity contribution < 1.29 is 9.53 Å². The van der Waals surface area contributed by atoms with E-state index in [1.54, 1.807) is 0 Å². The van der Waals surface area contributed by atoms with Gasteiger partial charge in [0.15, 0.2) is 12.4 Å². The Bertz CT molecular complexity index is 649. The molecule has 0 radical (unpaired) electrons. The molecule has 1 heterocycles. The van der Waals surface area contributed by atoms with E-state index in [2.05, 4.69) is 21.6 Å². The third-order valence-electron chi connectivity index (χ3n) is 3.72. The SMILES string of the molecule is CCc1cc(NC(=O)COc2ccc3c(c2)CCC3)n[nH]1. The van der Waals surface area contributed by atoms with Crippen molar-refractivity contribution in [3.8, 4) is 5.75 Å². The van der Waals surface area contributed by atoms with E-state index in [-0.39, 0.29) is 12.5 Å². The molecule has 1 aliphatic carbocycles. The van der Waals surface area contributed by atoms with Crippen LogP contribution >= 0.6 is 0 Å². The lowest BCUT2D eigenvalue weighted by atomic mass is 10.1.